The van der Waals surface area contributed by atoms with Crippen LogP contribution in [-0.2, 0) is 13.2 Å². The van der Waals surface area contributed by atoms with E-state index in [0.29, 0.717) is 0 Å². The SMILES string of the molecule is Brc1ccc(-c2nnc3n2CN(Cc2ccncc2)CS3)cc1. The highest BCUT2D eigenvalue weighted by atomic mass is 79.9. The molecule has 5 nitrogen and oxygen atoms in total. The van der Waals surface area contributed by atoms with Gasteiger partial charge in [-0.25, -0.2) is 0 Å². The molecule has 0 bridgehead atoms. The van der Waals surface area contributed by atoms with Crippen molar-refractivity contribution in [3.05, 3.63) is 58.8 Å². The highest BCUT2D eigenvalue weighted by Gasteiger charge is 2.22. The van der Waals surface area contributed by atoms with Crippen LogP contribution in [0.2, 0.25) is 0 Å². The lowest BCUT2D eigenvalue weighted by Gasteiger charge is -2.27. The average molecular weight is 388 g/mol. The maximum absolute atomic E-state index is 4.38. The van der Waals surface area contributed by atoms with Gasteiger partial charge in [0.1, 0.15) is 0 Å². The van der Waals surface area contributed by atoms with E-state index in [2.05, 4.69) is 64.8 Å². The summed E-state index contributed by atoms with van der Waals surface area (Å²) >= 11 is 5.20. The van der Waals surface area contributed by atoms with Gasteiger partial charge in [-0.2, -0.15) is 0 Å². The van der Waals surface area contributed by atoms with Gasteiger partial charge in [-0.3, -0.25) is 14.5 Å². The van der Waals surface area contributed by atoms with Crippen molar-refractivity contribution in [3.8, 4) is 11.4 Å². The smallest absolute Gasteiger partial charge is 0.193 e. The van der Waals surface area contributed by atoms with Crippen LogP contribution in [0.5, 0.6) is 0 Å². The molecule has 4 rings (SSSR count). The number of benzene rings is 1. The second-order valence-corrected chi connectivity index (χ2v) is 7.17. The third kappa shape index (κ3) is 3.17. The quantitative estimate of drug-likeness (QED) is 0.686. The van der Waals surface area contributed by atoms with Crippen molar-refractivity contribution < 1.29 is 0 Å². The Morgan fingerprint density at radius 2 is 1.83 bits per heavy atom. The molecular formula is C16H14BrN5S. The van der Waals surface area contributed by atoms with Gasteiger partial charge < -0.3 is 0 Å². The fourth-order valence-corrected chi connectivity index (χ4v) is 3.70. The molecule has 0 N–H and O–H groups in total. The summed E-state index contributed by atoms with van der Waals surface area (Å²) in [5.74, 6) is 1.83. The van der Waals surface area contributed by atoms with Crippen LogP contribution in [0.25, 0.3) is 11.4 Å². The van der Waals surface area contributed by atoms with Gasteiger partial charge in [-0.1, -0.05) is 39.8 Å². The van der Waals surface area contributed by atoms with E-state index in [1.54, 1.807) is 11.8 Å². The first-order chi connectivity index (χ1) is 11.3. The van der Waals surface area contributed by atoms with Crippen LogP contribution in [0, 0.1) is 0 Å². The summed E-state index contributed by atoms with van der Waals surface area (Å²) in [5.41, 5.74) is 2.35. The van der Waals surface area contributed by atoms with Gasteiger partial charge in [0.25, 0.3) is 0 Å². The molecule has 1 aliphatic rings. The molecule has 0 aliphatic carbocycles. The number of fused-ring (bicyclic) bond motifs is 1. The first-order valence-electron chi connectivity index (χ1n) is 7.23. The van der Waals surface area contributed by atoms with Crippen molar-refractivity contribution in [2.45, 2.75) is 18.4 Å². The molecule has 1 aliphatic heterocycles. The summed E-state index contributed by atoms with van der Waals surface area (Å²) in [7, 11) is 0. The zero-order valence-electron chi connectivity index (χ0n) is 12.3. The number of pyridine rings is 1. The summed E-state index contributed by atoms with van der Waals surface area (Å²) in [6.45, 7) is 1.69. The Balaban J connectivity index is 1.59. The molecule has 23 heavy (non-hydrogen) atoms. The first kappa shape index (κ1) is 14.9. The molecule has 0 radical (unpaired) electrons. The van der Waals surface area contributed by atoms with Crippen molar-refractivity contribution in [1.29, 1.82) is 0 Å². The second kappa shape index (κ2) is 6.43. The highest BCUT2D eigenvalue weighted by molar-refractivity contribution is 9.10. The maximum Gasteiger partial charge on any atom is 0.193 e. The Morgan fingerprint density at radius 1 is 1.04 bits per heavy atom. The van der Waals surface area contributed by atoms with Crippen molar-refractivity contribution in [1.82, 2.24) is 24.6 Å². The zero-order chi connectivity index (χ0) is 15.6. The monoisotopic (exact) mass is 387 g/mol. The van der Waals surface area contributed by atoms with E-state index in [1.165, 1.54) is 5.56 Å². The summed E-state index contributed by atoms with van der Waals surface area (Å²) in [5, 5.41) is 9.68. The van der Waals surface area contributed by atoms with Gasteiger partial charge in [0.2, 0.25) is 0 Å². The molecular weight excluding hydrogens is 374 g/mol. The Bertz CT molecular complexity index is 803. The van der Waals surface area contributed by atoms with Crippen molar-refractivity contribution >= 4 is 27.7 Å². The minimum Gasteiger partial charge on any atom is -0.288 e. The molecule has 0 unspecified atom stereocenters. The standard InChI is InChI=1S/C16H14BrN5S/c17-14-3-1-13(2-4-14)15-19-20-16-22(15)10-21(11-23-16)9-12-5-7-18-8-6-12/h1-8H,9-11H2. The van der Waals surface area contributed by atoms with E-state index < -0.39 is 0 Å². The fourth-order valence-electron chi connectivity index (χ4n) is 2.57. The lowest BCUT2D eigenvalue weighted by atomic mass is 10.2. The average Bonchev–Trinajstić information content (AvgIpc) is 3.00. The Hall–Kier alpha value is -1.70. The molecule has 3 aromatic rings. The normalized spacial score (nSPS) is 14.7. The third-order valence-corrected chi connectivity index (χ3v) is 5.28. The molecule has 0 saturated heterocycles. The first-order valence-corrected chi connectivity index (χ1v) is 9.01. The zero-order valence-corrected chi connectivity index (χ0v) is 14.7. The molecule has 1 aromatic carbocycles. The van der Waals surface area contributed by atoms with Crippen LogP contribution in [0.4, 0.5) is 0 Å². The summed E-state index contributed by atoms with van der Waals surface area (Å²) in [6.07, 6.45) is 3.67. The van der Waals surface area contributed by atoms with Crippen LogP contribution in [0.3, 0.4) is 0 Å². The van der Waals surface area contributed by atoms with Crippen LogP contribution >= 0.6 is 27.7 Å². The number of aromatic nitrogens is 4. The summed E-state index contributed by atoms with van der Waals surface area (Å²) in [6, 6.07) is 12.3. The molecule has 2 aromatic heterocycles. The van der Waals surface area contributed by atoms with E-state index in [1.807, 2.05) is 24.5 Å². The fraction of sp³-hybridized carbons (Fsp3) is 0.188. The third-order valence-electron chi connectivity index (χ3n) is 3.69. The number of thioether (sulfide) groups is 1. The predicted molar refractivity (Wildman–Crippen MR) is 93.7 cm³/mol. The lowest BCUT2D eigenvalue weighted by Crippen LogP contribution is -2.30. The largest absolute Gasteiger partial charge is 0.288 e. The Labute approximate surface area is 146 Å². The minimum absolute atomic E-state index is 0.795. The molecule has 0 spiro atoms. The topological polar surface area (TPSA) is 46.8 Å². The maximum atomic E-state index is 4.38. The molecule has 0 atom stereocenters. The molecule has 116 valence electrons. The predicted octanol–water partition coefficient (Wildman–Crippen LogP) is 3.63. The van der Waals surface area contributed by atoms with Gasteiger partial charge in [-0.05, 0) is 29.8 Å². The van der Waals surface area contributed by atoms with E-state index in [4.69, 9.17) is 0 Å². The molecule has 0 amide bonds. The Kier molecular flexibility index (Phi) is 4.15. The molecule has 0 fully saturated rings. The van der Waals surface area contributed by atoms with E-state index in [-0.39, 0.29) is 0 Å². The highest BCUT2D eigenvalue weighted by Crippen LogP contribution is 2.30. The summed E-state index contributed by atoms with van der Waals surface area (Å²) in [4.78, 5) is 6.45. The van der Waals surface area contributed by atoms with Crippen LogP contribution in [0.15, 0.2) is 58.4 Å². The van der Waals surface area contributed by atoms with Gasteiger partial charge in [0.15, 0.2) is 11.0 Å². The van der Waals surface area contributed by atoms with E-state index >= 15 is 0 Å². The van der Waals surface area contributed by atoms with Gasteiger partial charge in [0.05, 0.1) is 12.5 Å². The summed E-state index contributed by atoms with van der Waals surface area (Å²) < 4.78 is 3.24. The number of hydrogen-bond acceptors (Lipinski definition) is 5. The van der Waals surface area contributed by atoms with E-state index in [0.717, 1.165) is 40.1 Å². The van der Waals surface area contributed by atoms with Crippen molar-refractivity contribution in [2.75, 3.05) is 5.88 Å². The van der Waals surface area contributed by atoms with Crippen LogP contribution < -0.4 is 0 Å². The number of hydrogen-bond donors (Lipinski definition) is 0. The van der Waals surface area contributed by atoms with Crippen molar-refractivity contribution in [3.63, 3.8) is 0 Å². The molecule has 3 heterocycles. The van der Waals surface area contributed by atoms with Crippen molar-refractivity contribution in [2.24, 2.45) is 0 Å². The number of halogens is 1. The Morgan fingerprint density at radius 3 is 2.61 bits per heavy atom. The van der Waals surface area contributed by atoms with Crippen LogP contribution in [-0.4, -0.2) is 30.5 Å². The van der Waals surface area contributed by atoms with Crippen LogP contribution in [0.1, 0.15) is 5.56 Å². The van der Waals surface area contributed by atoms with Gasteiger partial charge in [-0.15, -0.1) is 10.2 Å². The van der Waals surface area contributed by atoms with Gasteiger partial charge in [0, 0.05) is 29.0 Å². The lowest BCUT2D eigenvalue weighted by molar-refractivity contribution is 0.231. The van der Waals surface area contributed by atoms with Gasteiger partial charge >= 0.3 is 0 Å². The second-order valence-electron chi connectivity index (χ2n) is 5.34. The van der Waals surface area contributed by atoms with E-state index in [9.17, 15) is 0 Å². The molecule has 7 heteroatoms. The minimum atomic E-state index is 0.795. The number of nitrogens with zero attached hydrogens (tertiary/aromatic N) is 5. The molecule has 0 saturated carbocycles. The number of rotatable bonds is 3.